The number of carbonyl (C=O) groups excluding carboxylic acids is 1. The highest BCUT2D eigenvalue weighted by molar-refractivity contribution is 7.84. The van der Waals surface area contributed by atoms with E-state index in [1.807, 2.05) is 12.1 Å². The van der Waals surface area contributed by atoms with Gasteiger partial charge in [-0.15, -0.1) is 5.10 Å². The van der Waals surface area contributed by atoms with E-state index >= 15 is 0 Å². The molecule has 12 heteroatoms. The number of morpholine rings is 1. The molecule has 1 aliphatic heterocycles. The quantitative estimate of drug-likeness (QED) is 0.428. The molecule has 5 rings (SSSR count). The van der Waals surface area contributed by atoms with Crippen molar-refractivity contribution in [1.29, 1.82) is 0 Å². The van der Waals surface area contributed by atoms with Gasteiger partial charge in [0.2, 0.25) is 5.65 Å². The highest BCUT2D eigenvalue weighted by atomic mass is 32.2. The van der Waals surface area contributed by atoms with Crippen LogP contribution in [0.1, 0.15) is 10.4 Å². The van der Waals surface area contributed by atoms with Crippen LogP contribution in [0.3, 0.4) is 0 Å². The van der Waals surface area contributed by atoms with Crippen LogP contribution in [0.2, 0.25) is 0 Å². The summed E-state index contributed by atoms with van der Waals surface area (Å²) in [6.07, 6.45) is 0. The molecule has 0 radical (unpaired) electrons. The summed E-state index contributed by atoms with van der Waals surface area (Å²) in [4.78, 5) is 17.2. The minimum atomic E-state index is -3.91. The second-order valence-corrected chi connectivity index (χ2v) is 9.01. The van der Waals surface area contributed by atoms with Gasteiger partial charge in [0.15, 0.2) is 0 Å². The molecule has 1 amide bonds. The topological polar surface area (TPSA) is 139 Å². The molecule has 0 saturated carbocycles. The molecular formula is C22H20N6O5S. The fourth-order valence-electron chi connectivity index (χ4n) is 3.46. The van der Waals surface area contributed by atoms with Crippen molar-refractivity contribution < 1.29 is 22.1 Å². The summed E-state index contributed by atoms with van der Waals surface area (Å²) in [5.74, 6) is -0.167. The molecule has 0 atom stereocenters. The van der Waals surface area contributed by atoms with Gasteiger partial charge < -0.3 is 14.2 Å². The molecule has 11 nitrogen and oxygen atoms in total. The number of carbonyl (C=O) groups is 1. The molecule has 4 aromatic rings. The third kappa shape index (κ3) is 4.73. The molecule has 1 saturated heterocycles. The van der Waals surface area contributed by atoms with Crippen LogP contribution in [-0.2, 0) is 15.0 Å². The van der Waals surface area contributed by atoms with Crippen LogP contribution in [0.4, 0.5) is 5.69 Å². The lowest BCUT2D eigenvalue weighted by atomic mass is 10.1. The summed E-state index contributed by atoms with van der Waals surface area (Å²) in [6, 6.07) is 16.8. The smallest absolute Gasteiger partial charge is 0.379 e. The number of amides is 1. The first kappa shape index (κ1) is 21.9. The molecule has 0 bridgehead atoms. The Balaban J connectivity index is 1.26. The molecule has 2 aromatic heterocycles. The number of hydrogen-bond donors (Lipinski definition) is 2. The van der Waals surface area contributed by atoms with Gasteiger partial charge >= 0.3 is 10.3 Å². The van der Waals surface area contributed by atoms with Gasteiger partial charge in [0.1, 0.15) is 11.3 Å². The number of nitrogens with zero attached hydrogens (tertiary/aromatic N) is 4. The molecule has 0 aliphatic carbocycles. The lowest BCUT2D eigenvalue weighted by molar-refractivity contribution is 0.0698. The van der Waals surface area contributed by atoms with Crippen molar-refractivity contribution >= 4 is 33.1 Å². The number of pyridine rings is 1. The predicted molar refractivity (Wildman–Crippen MR) is 123 cm³/mol. The summed E-state index contributed by atoms with van der Waals surface area (Å²) in [6.45, 7) is 1.16. The average Bonchev–Trinajstić information content (AvgIpc) is 3.34. The van der Waals surface area contributed by atoms with E-state index in [-0.39, 0.29) is 24.7 Å². The molecule has 1 fully saturated rings. The number of anilines is 1. The summed E-state index contributed by atoms with van der Waals surface area (Å²) in [7, 11) is -3.91. The van der Waals surface area contributed by atoms with Gasteiger partial charge in [-0.3, -0.25) is 4.79 Å². The highest BCUT2D eigenvalue weighted by Gasteiger charge is 2.26. The second-order valence-electron chi connectivity index (χ2n) is 7.47. The first-order valence-corrected chi connectivity index (χ1v) is 11.8. The fraction of sp³-hybridized carbons (Fsp3) is 0.182. The number of benzene rings is 2. The van der Waals surface area contributed by atoms with E-state index < -0.39 is 10.3 Å². The van der Waals surface area contributed by atoms with E-state index in [1.54, 1.807) is 36.4 Å². The molecular weight excluding hydrogens is 460 g/mol. The van der Waals surface area contributed by atoms with Gasteiger partial charge in [-0.1, -0.05) is 12.1 Å². The maximum Gasteiger partial charge on any atom is 0.385 e. The summed E-state index contributed by atoms with van der Waals surface area (Å²) in [5.41, 5.74) is 3.50. The minimum Gasteiger partial charge on any atom is -0.379 e. The third-order valence-electron chi connectivity index (χ3n) is 5.20. The van der Waals surface area contributed by atoms with Gasteiger partial charge in [0.25, 0.3) is 5.91 Å². The molecule has 0 spiro atoms. The van der Waals surface area contributed by atoms with E-state index in [2.05, 4.69) is 25.7 Å². The van der Waals surface area contributed by atoms with Crippen LogP contribution in [-0.4, -0.2) is 65.3 Å². The Kier molecular flexibility index (Phi) is 5.92. The Morgan fingerprint density at radius 1 is 1.03 bits per heavy atom. The highest BCUT2D eigenvalue weighted by Crippen LogP contribution is 2.22. The standard InChI is InChI=1S/C22H20N6O5S/c29-22(16-3-1-2-15(14-16)19-8-9-20-21(24-19)26-27-25-20)23-17-4-6-18(7-5-17)33-34(30,31)28-10-12-32-13-11-28/h1-9,14H,10-13H2,(H,23,29)(H,24,25,26,27). The Morgan fingerprint density at radius 3 is 2.62 bits per heavy atom. The van der Waals surface area contributed by atoms with Crippen molar-refractivity contribution in [2.24, 2.45) is 0 Å². The van der Waals surface area contributed by atoms with Crippen molar-refractivity contribution in [2.45, 2.75) is 0 Å². The van der Waals surface area contributed by atoms with Gasteiger partial charge in [-0.2, -0.15) is 23.0 Å². The van der Waals surface area contributed by atoms with E-state index in [4.69, 9.17) is 8.92 Å². The fourth-order valence-corrected chi connectivity index (χ4v) is 4.51. The first-order valence-electron chi connectivity index (χ1n) is 10.4. The molecule has 34 heavy (non-hydrogen) atoms. The van der Waals surface area contributed by atoms with E-state index in [0.717, 1.165) is 5.56 Å². The maximum atomic E-state index is 12.8. The van der Waals surface area contributed by atoms with Crippen LogP contribution in [0.25, 0.3) is 22.4 Å². The zero-order valence-corrected chi connectivity index (χ0v) is 18.7. The molecule has 174 valence electrons. The number of ether oxygens (including phenoxy) is 1. The summed E-state index contributed by atoms with van der Waals surface area (Å²) >= 11 is 0. The largest absolute Gasteiger partial charge is 0.385 e. The maximum absolute atomic E-state index is 12.8. The van der Waals surface area contributed by atoms with E-state index in [0.29, 0.717) is 41.3 Å². The Labute approximate surface area is 195 Å². The second kappa shape index (κ2) is 9.17. The Hall–Kier alpha value is -3.87. The average molecular weight is 481 g/mol. The molecule has 3 heterocycles. The number of fused-ring (bicyclic) bond motifs is 1. The van der Waals surface area contributed by atoms with Crippen LogP contribution >= 0.6 is 0 Å². The van der Waals surface area contributed by atoms with Gasteiger partial charge in [-0.05, 0) is 48.5 Å². The van der Waals surface area contributed by atoms with E-state index in [1.165, 1.54) is 16.4 Å². The predicted octanol–water partition coefficient (Wildman–Crippen LogP) is 2.23. The zero-order valence-electron chi connectivity index (χ0n) is 17.8. The van der Waals surface area contributed by atoms with Crippen molar-refractivity contribution in [3.8, 4) is 17.0 Å². The third-order valence-corrected chi connectivity index (χ3v) is 6.60. The van der Waals surface area contributed by atoms with E-state index in [9.17, 15) is 13.2 Å². The van der Waals surface area contributed by atoms with Crippen LogP contribution in [0.15, 0.2) is 60.7 Å². The van der Waals surface area contributed by atoms with Crippen molar-refractivity contribution in [3.05, 3.63) is 66.2 Å². The summed E-state index contributed by atoms with van der Waals surface area (Å²) < 4.78 is 36.3. The monoisotopic (exact) mass is 480 g/mol. The van der Waals surface area contributed by atoms with Crippen molar-refractivity contribution in [1.82, 2.24) is 24.7 Å². The zero-order chi connectivity index (χ0) is 23.5. The number of nitrogens with one attached hydrogen (secondary N) is 2. The molecule has 2 aromatic carbocycles. The Bertz CT molecular complexity index is 1430. The summed E-state index contributed by atoms with van der Waals surface area (Å²) in [5, 5.41) is 13.3. The minimum absolute atomic E-state index is 0.154. The molecule has 1 aliphatic rings. The van der Waals surface area contributed by atoms with Gasteiger partial charge in [-0.25, -0.2) is 4.98 Å². The van der Waals surface area contributed by atoms with Gasteiger partial charge in [0.05, 0.1) is 18.9 Å². The first-order chi connectivity index (χ1) is 16.5. The van der Waals surface area contributed by atoms with Gasteiger partial charge in [0, 0.05) is 29.9 Å². The number of aromatic nitrogens is 4. The lowest BCUT2D eigenvalue weighted by Gasteiger charge is -2.25. The van der Waals surface area contributed by atoms with Crippen molar-refractivity contribution in [3.63, 3.8) is 0 Å². The lowest BCUT2D eigenvalue weighted by Crippen LogP contribution is -2.42. The number of hydrogen-bond acceptors (Lipinski definition) is 8. The Morgan fingerprint density at radius 2 is 1.82 bits per heavy atom. The number of H-pyrrole nitrogens is 1. The van der Waals surface area contributed by atoms with Crippen molar-refractivity contribution in [2.75, 3.05) is 31.6 Å². The van der Waals surface area contributed by atoms with Crippen LogP contribution in [0, 0.1) is 0 Å². The van der Waals surface area contributed by atoms with Crippen LogP contribution in [0.5, 0.6) is 5.75 Å². The normalized spacial score (nSPS) is 14.7. The number of aromatic amines is 1. The molecule has 0 unspecified atom stereocenters. The number of rotatable bonds is 6. The SMILES string of the molecule is O=C(Nc1ccc(OS(=O)(=O)N2CCOCC2)cc1)c1cccc(-c2ccc3n[nH]nc3n2)c1. The molecule has 2 N–H and O–H groups in total. The van der Waals surface area contributed by atoms with Crippen LogP contribution < -0.4 is 9.50 Å².